The molecule has 0 saturated heterocycles. The second kappa shape index (κ2) is 7.76. The fourth-order valence-electron chi connectivity index (χ4n) is 1.07. The topological polar surface area (TPSA) is 75.4 Å². The zero-order valence-electron chi connectivity index (χ0n) is 9.12. The van der Waals surface area contributed by atoms with Crippen molar-refractivity contribution in [3.05, 3.63) is 0 Å². The molecule has 1 unspecified atom stereocenters. The highest BCUT2D eigenvalue weighted by Gasteiger charge is 2.09. The summed E-state index contributed by atoms with van der Waals surface area (Å²) in [5.41, 5.74) is 5.53. The quantitative estimate of drug-likeness (QED) is 0.518. The summed E-state index contributed by atoms with van der Waals surface area (Å²) in [5.74, 6) is 0.232. The van der Waals surface area contributed by atoms with Gasteiger partial charge in [0.05, 0.1) is 6.04 Å². The van der Waals surface area contributed by atoms with Crippen molar-refractivity contribution in [1.82, 2.24) is 5.32 Å². The van der Waals surface area contributed by atoms with Crippen molar-refractivity contribution in [3.8, 4) is 0 Å². The normalized spacial score (nSPS) is 14.9. The number of carbonyl (C=O) groups is 1. The Bertz CT molecular complexity index is 162. The molecular formula is C10H22N2O2. The number of rotatable bonds is 7. The summed E-state index contributed by atoms with van der Waals surface area (Å²) < 4.78 is 0. The van der Waals surface area contributed by atoms with Crippen molar-refractivity contribution in [2.45, 2.75) is 39.2 Å². The van der Waals surface area contributed by atoms with Gasteiger partial charge in [-0.05, 0) is 25.2 Å². The van der Waals surface area contributed by atoms with Crippen LogP contribution in [0.1, 0.15) is 33.1 Å². The lowest BCUT2D eigenvalue weighted by molar-refractivity contribution is -0.122. The van der Waals surface area contributed by atoms with Crippen molar-refractivity contribution in [1.29, 1.82) is 0 Å². The molecule has 0 radical (unpaired) electrons. The minimum absolute atomic E-state index is 0.0795. The van der Waals surface area contributed by atoms with Crippen LogP contribution in [0, 0.1) is 5.92 Å². The van der Waals surface area contributed by atoms with E-state index in [1.807, 2.05) is 13.8 Å². The van der Waals surface area contributed by atoms with Gasteiger partial charge < -0.3 is 16.2 Å². The molecule has 4 heteroatoms. The fourth-order valence-corrected chi connectivity index (χ4v) is 1.07. The molecule has 0 aliphatic rings. The lowest BCUT2D eigenvalue weighted by Gasteiger charge is -2.11. The number of amides is 1. The third-order valence-electron chi connectivity index (χ3n) is 2.26. The summed E-state index contributed by atoms with van der Waals surface area (Å²) in [7, 11) is 0. The summed E-state index contributed by atoms with van der Waals surface area (Å²) in [5, 5.41) is 11.5. The maximum absolute atomic E-state index is 11.2. The number of carbonyl (C=O) groups excluding carboxylic acids is 1. The average molecular weight is 202 g/mol. The first-order chi connectivity index (χ1) is 6.61. The van der Waals surface area contributed by atoms with Crippen molar-refractivity contribution >= 4 is 5.91 Å². The lowest BCUT2D eigenvalue weighted by atomic mass is 10.1. The minimum Gasteiger partial charge on any atom is -0.396 e. The van der Waals surface area contributed by atoms with E-state index in [2.05, 4.69) is 5.32 Å². The standard InChI is InChI=1S/C10H22N2O2/c1-3-9(11)10(14)12-6-4-5-8(2)7-13/h8-9,13H,3-7,11H2,1-2H3,(H,12,14)/t8?,9-/m1/s1. The lowest BCUT2D eigenvalue weighted by Crippen LogP contribution is -2.40. The molecule has 4 N–H and O–H groups in total. The highest BCUT2D eigenvalue weighted by Crippen LogP contribution is 2.02. The van der Waals surface area contributed by atoms with E-state index in [0.717, 1.165) is 12.8 Å². The molecule has 4 nitrogen and oxygen atoms in total. The first-order valence-electron chi connectivity index (χ1n) is 5.26. The van der Waals surface area contributed by atoms with Crippen molar-refractivity contribution in [2.24, 2.45) is 11.7 Å². The number of hydrogen-bond donors (Lipinski definition) is 3. The molecule has 0 rings (SSSR count). The predicted octanol–water partition coefficient (Wildman–Crippen LogP) is 0.248. The largest absolute Gasteiger partial charge is 0.396 e. The van der Waals surface area contributed by atoms with Crippen molar-refractivity contribution in [3.63, 3.8) is 0 Å². The predicted molar refractivity (Wildman–Crippen MR) is 56.8 cm³/mol. The molecule has 14 heavy (non-hydrogen) atoms. The molecule has 0 aliphatic heterocycles. The Morgan fingerprint density at radius 1 is 1.57 bits per heavy atom. The molecule has 0 aromatic carbocycles. The Kier molecular flexibility index (Phi) is 7.42. The molecule has 0 heterocycles. The molecule has 0 fully saturated rings. The van der Waals surface area contributed by atoms with Crippen LogP contribution in [0.3, 0.4) is 0 Å². The fraction of sp³-hybridized carbons (Fsp3) is 0.900. The maximum atomic E-state index is 11.2. The molecule has 0 spiro atoms. The van der Waals surface area contributed by atoms with Crippen LogP contribution in [0.2, 0.25) is 0 Å². The summed E-state index contributed by atoms with van der Waals surface area (Å²) in [6, 6.07) is -0.384. The van der Waals surface area contributed by atoms with Crippen molar-refractivity contribution in [2.75, 3.05) is 13.2 Å². The Morgan fingerprint density at radius 2 is 2.21 bits per heavy atom. The van der Waals surface area contributed by atoms with Gasteiger partial charge in [-0.1, -0.05) is 13.8 Å². The maximum Gasteiger partial charge on any atom is 0.236 e. The van der Waals surface area contributed by atoms with E-state index in [1.54, 1.807) is 0 Å². The van der Waals surface area contributed by atoms with Crippen LogP contribution in [-0.4, -0.2) is 30.2 Å². The van der Waals surface area contributed by atoms with Gasteiger partial charge >= 0.3 is 0 Å². The van der Waals surface area contributed by atoms with E-state index >= 15 is 0 Å². The molecule has 0 bridgehead atoms. The van der Waals surface area contributed by atoms with Crippen LogP contribution >= 0.6 is 0 Å². The third kappa shape index (κ3) is 5.94. The van der Waals surface area contributed by atoms with Gasteiger partial charge in [0.15, 0.2) is 0 Å². The van der Waals surface area contributed by atoms with Gasteiger partial charge in [0.1, 0.15) is 0 Å². The first-order valence-corrected chi connectivity index (χ1v) is 5.26. The van der Waals surface area contributed by atoms with Crippen LogP contribution in [0.15, 0.2) is 0 Å². The van der Waals surface area contributed by atoms with Crippen LogP contribution in [-0.2, 0) is 4.79 Å². The van der Waals surface area contributed by atoms with E-state index in [0.29, 0.717) is 18.9 Å². The number of aliphatic hydroxyl groups excluding tert-OH is 1. The van der Waals surface area contributed by atoms with Crippen molar-refractivity contribution < 1.29 is 9.90 Å². The average Bonchev–Trinajstić information content (AvgIpc) is 2.22. The number of nitrogens with one attached hydrogen (secondary N) is 1. The second-order valence-corrected chi connectivity index (χ2v) is 3.74. The van der Waals surface area contributed by atoms with Crippen LogP contribution in [0.5, 0.6) is 0 Å². The summed E-state index contributed by atoms with van der Waals surface area (Å²) >= 11 is 0. The van der Waals surface area contributed by atoms with E-state index in [-0.39, 0.29) is 18.6 Å². The molecule has 84 valence electrons. The molecule has 2 atom stereocenters. The van der Waals surface area contributed by atoms with Crippen LogP contribution in [0.4, 0.5) is 0 Å². The Balaban J connectivity index is 3.40. The van der Waals surface area contributed by atoms with Gasteiger partial charge in [-0.25, -0.2) is 0 Å². The highest BCUT2D eigenvalue weighted by atomic mass is 16.3. The van der Waals surface area contributed by atoms with Gasteiger partial charge in [-0.2, -0.15) is 0 Å². The molecule has 1 amide bonds. The summed E-state index contributed by atoms with van der Waals surface area (Å²) in [4.78, 5) is 11.2. The van der Waals surface area contributed by atoms with Gasteiger partial charge in [-0.3, -0.25) is 4.79 Å². The molecule has 0 aliphatic carbocycles. The first kappa shape index (κ1) is 13.4. The Hall–Kier alpha value is -0.610. The van der Waals surface area contributed by atoms with E-state index in [4.69, 9.17) is 10.8 Å². The highest BCUT2D eigenvalue weighted by molar-refractivity contribution is 5.81. The van der Waals surface area contributed by atoms with Crippen LogP contribution in [0.25, 0.3) is 0 Å². The number of aliphatic hydroxyl groups is 1. The van der Waals surface area contributed by atoms with Crippen LogP contribution < -0.4 is 11.1 Å². The Labute approximate surface area is 85.9 Å². The molecule has 0 aromatic heterocycles. The smallest absolute Gasteiger partial charge is 0.236 e. The summed E-state index contributed by atoms with van der Waals surface area (Å²) in [6.45, 7) is 4.73. The monoisotopic (exact) mass is 202 g/mol. The third-order valence-corrected chi connectivity index (χ3v) is 2.26. The zero-order valence-corrected chi connectivity index (χ0v) is 9.12. The van der Waals surface area contributed by atoms with E-state index in [9.17, 15) is 4.79 Å². The van der Waals surface area contributed by atoms with Gasteiger partial charge in [0, 0.05) is 13.2 Å². The van der Waals surface area contributed by atoms with Gasteiger partial charge in [0.25, 0.3) is 0 Å². The second-order valence-electron chi connectivity index (χ2n) is 3.74. The molecule has 0 aromatic rings. The minimum atomic E-state index is -0.384. The number of nitrogens with two attached hydrogens (primary N) is 1. The van der Waals surface area contributed by atoms with E-state index < -0.39 is 0 Å². The Morgan fingerprint density at radius 3 is 2.71 bits per heavy atom. The number of hydrogen-bond acceptors (Lipinski definition) is 3. The summed E-state index contributed by atoms with van der Waals surface area (Å²) in [6.07, 6.45) is 2.49. The molecule has 0 saturated carbocycles. The zero-order chi connectivity index (χ0) is 11.0. The molecular weight excluding hydrogens is 180 g/mol. The SMILES string of the molecule is CC[C@@H](N)C(=O)NCCCC(C)CO. The van der Waals surface area contributed by atoms with Gasteiger partial charge in [-0.15, -0.1) is 0 Å². The van der Waals surface area contributed by atoms with E-state index in [1.165, 1.54) is 0 Å². The van der Waals surface area contributed by atoms with Gasteiger partial charge in [0.2, 0.25) is 5.91 Å².